The summed E-state index contributed by atoms with van der Waals surface area (Å²) in [5.74, 6) is 1.85. The van der Waals surface area contributed by atoms with Gasteiger partial charge in [0.15, 0.2) is 5.17 Å². The van der Waals surface area contributed by atoms with Gasteiger partial charge in [-0.3, -0.25) is 4.99 Å². The summed E-state index contributed by atoms with van der Waals surface area (Å²) in [5.41, 5.74) is 0. The molecule has 0 bridgehead atoms. The van der Waals surface area contributed by atoms with E-state index in [-0.39, 0.29) is 0 Å². The molecule has 0 spiro atoms. The van der Waals surface area contributed by atoms with Crippen LogP contribution in [0, 0.1) is 5.92 Å². The zero-order chi connectivity index (χ0) is 11.4. The third kappa shape index (κ3) is 3.39. The summed E-state index contributed by atoms with van der Waals surface area (Å²) in [5, 5.41) is 4.67. The largest absolute Gasteiger partial charge is 0.379 e. The third-order valence-electron chi connectivity index (χ3n) is 3.19. The summed E-state index contributed by atoms with van der Waals surface area (Å²) >= 11 is 1.86. The molecule has 2 unspecified atom stereocenters. The Morgan fingerprint density at radius 2 is 2.31 bits per heavy atom. The van der Waals surface area contributed by atoms with E-state index in [9.17, 15) is 0 Å². The minimum absolute atomic E-state index is 0.478. The molecule has 2 rings (SSSR count). The van der Waals surface area contributed by atoms with E-state index in [1.54, 1.807) is 0 Å². The smallest absolute Gasteiger partial charge is 0.157 e. The number of thioether (sulfide) groups is 1. The van der Waals surface area contributed by atoms with E-state index < -0.39 is 0 Å². The van der Waals surface area contributed by atoms with Crippen LogP contribution in [0.2, 0.25) is 0 Å². The van der Waals surface area contributed by atoms with Crippen LogP contribution in [0.5, 0.6) is 0 Å². The van der Waals surface area contributed by atoms with Crippen LogP contribution in [0.25, 0.3) is 0 Å². The van der Waals surface area contributed by atoms with Gasteiger partial charge in [-0.05, 0) is 25.2 Å². The number of hydrogen-bond donors (Lipinski definition) is 1. The summed E-state index contributed by atoms with van der Waals surface area (Å²) in [6.07, 6.45) is 3.60. The number of rotatable bonds is 2. The van der Waals surface area contributed by atoms with Crippen LogP contribution in [0.15, 0.2) is 4.99 Å². The van der Waals surface area contributed by atoms with Gasteiger partial charge >= 0.3 is 0 Å². The Labute approximate surface area is 102 Å². The Morgan fingerprint density at radius 3 is 3.00 bits per heavy atom. The molecule has 2 atom stereocenters. The van der Waals surface area contributed by atoms with Gasteiger partial charge in [0.25, 0.3) is 0 Å². The van der Waals surface area contributed by atoms with Gasteiger partial charge in [0.1, 0.15) is 0 Å². The number of nitrogens with one attached hydrogen (secondary N) is 1. The van der Waals surface area contributed by atoms with Gasteiger partial charge in [0.2, 0.25) is 0 Å². The highest BCUT2D eigenvalue weighted by Gasteiger charge is 2.21. The molecule has 0 saturated carbocycles. The monoisotopic (exact) mass is 242 g/mol. The van der Waals surface area contributed by atoms with Crippen molar-refractivity contribution in [1.29, 1.82) is 0 Å². The highest BCUT2D eigenvalue weighted by Crippen LogP contribution is 2.22. The SMILES string of the molecule is CC(C)C1CCSC(NC2CCCOC2)=N1. The maximum atomic E-state index is 5.47. The molecule has 2 heterocycles. The van der Waals surface area contributed by atoms with Crippen molar-refractivity contribution in [2.75, 3.05) is 19.0 Å². The van der Waals surface area contributed by atoms with Crippen LogP contribution < -0.4 is 5.32 Å². The summed E-state index contributed by atoms with van der Waals surface area (Å²) in [6.45, 7) is 6.27. The first-order valence-electron chi connectivity index (χ1n) is 6.30. The van der Waals surface area contributed by atoms with E-state index in [2.05, 4.69) is 19.2 Å². The minimum Gasteiger partial charge on any atom is -0.379 e. The van der Waals surface area contributed by atoms with Crippen LogP contribution >= 0.6 is 11.8 Å². The van der Waals surface area contributed by atoms with E-state index in [1.165, 1.54) is 25.0 Å². The van der Waals surface area contributed by atoms with Gasteiger partial charge in [0.05, 0.1) is 18.7 Å². The number of amidine groups is 1. The topological polar surface area (TPSA) is 33.6 Å². The van der Waals surface area contributed by atoms with Gasteiger partial charge in [-0.1, -0.05) is 25.6 Å². The molecule has 2 aliphatic heterocycles. The fourth-order valence-corrected chi connectivity index (χ4v) is 3.13. The van der Waals surface area contributed by atoms with Gasteiger partial charge in [0, 0.05) is 12.4 Å². The van der Waals surface area contributed by atoms with E-state index in [0.29, 0.717) is 18.0 Å². The molecule has 1 saturated heterocycles. The molecule has 4 heteroatoms. The van der Waals surface area contributed by atoms with Crippen molar-refractivity contribution in [3.05, 3.63) is 0 Å². The molecule has 3 nitrogen and oxygen atoms in total. The molecule has 0 radical (unpaired) electrons. The molecule has 0 aromatic heterocycles. The molecule has 92 valence electrons. The lowest BCUT2D eigenvalue weighted by Gasteiger charge is -2.28. The second-order valence-electron chi connectivity index (χ2n) is 4.94. The zero-order valence-corrected chi connectivity index (χ0v) is 11.1. The number of aliphatic imine (C=N–C) groups is 1. The van der Waals surface area contributed by atoms with Crippen molar-refractivity contribution in [3.63, 3.8) is 0 Å². The molecule has 2 aliphatic rings. The van der Waals surface area contributed by atoms with Crippen LogP contribution in [0.1, 0.15) is 33.1 Å². The standard InChI is InChI=1S/C12H22N2OS/c1-9(2)11-5-7-16-12(14-11)13-10-4-3-6-15-8-10/h9-11H,3-8H2,1-2H3,(H,13,14). The predicted molar refractivity (Wildman–Crippen MR) is 70.1 cm³/mol. The number of ether oxygens (including phenoxy) is 1. The van der Waals surface area contributed by atoms with Crippen LogP contribution in [0.4, 0.5) is 0 Å². The Kier molecular flexibility index (Phi) is 4.53. The Hall–Kier alpha value is -0.220. The summed E-state index contributed by atoms with van der Waals surface area (Å²) in [7, 11) is 0. The normalized spacial score (nSPS) is 31.3. The van der Waals surface area contributed by atoms with Crippen molar-refractivity contribution >= 4 is 16.9 Å². The first-order valence-corrected chi connectivity index (χ1v) is 7.29. The van der Waals surface area contributed by atoms with Gasteiger partial charge in [-0.2, -0.15) is 0 Å². The first kappa shape index (κ1) is 12.2. The van der Waals surface area contributed by atoms with Crippen molar-refractivity contribution in [3.8, 4) is 0 Å². The lowest BCUT2D eigenvalue weighted by atomic mass is 10.0. The second-order valence-corrected chi connectivity index (χ2v) is 6.02. The lowest BCUT2D eigenvalue weighted by molar-refractivity contribution is 0.0766. The third-order valence-corrected chi connectivity index (χ3v) is 4.13. The average molecular weight is 242 g/mol. The van der Waals surface area contributed by atoms with Crippen molar-refractivity contribution < 1.29 is 4.74 Å². The maximum absolute atomic E-state index is 5.47. The number of nitrogens with zero attached hydrogens (tertiary/aromatic N) is 1. The van der Waals surface area contributed by atoms with Crippen LogP contribution in [0.3, 0.4) is 0 Å². The van der Waals surface area contributed by atoms with Gasteiger partial charge in [-0.15, -0.1) is 0 Å². The van der Waals surface area contributed by atoms with Gasteiger partial charge < -0.3 is 10.1 Å². The molecular formula is C12H22N2OS. The molecule has 0 aliphatic carbocycles. The van der Waals surface area contributed by atoms with Crippen LogP contribution in [-0.2, 0) is 4.74 Å². The highest BCUT2D eigenvalue weighted by atomic mass is 32.2. The molecular weight excluding hydrogens is 220 g/mol. The van der Waals surface area contributed by atoms with E-state index in [4.69, 9.17) is 9.73 Å². The van der Waals surface area contributed by atoms with E-state index in [0.717, 1.165) is 18.4 Å². The zero-order valence-electron chi connectivity index (χ0n) is 10.2. The Morgan fingerprint density at radius 1 is 1.44 bits per heavy atom. The fourth-order valence-electron chi connectivity index (χ4n) is 2.12. The second kappa shape index (κ2) is 5.92. The fraction of sp³-hybridized carbons (Fsp3) is 0.917. The summed E-state index contributed by atoms with van der Waals surface area (Å²) in [6, 6.07) is 0.985. The lowest BCUT2D eigenvalue weighted by Crippen LogP contribution is -2.41. The van der Waals surface area contributed by atoms with Crippen molar-refractivity contribution in [1.82, 2.24) is 5.32 Å². The maximum Gasteiger partial charge on any atom is 0.157 e. The Bertz CT molecular complexity index is 249. The molecule has 0 aromatic carbocycles. The predicted octanol–water partition coefficient (Wildman–Crippen LogP) is 2.27. The summed E-state index contributed by atoms with van der Waals surface area (Å²) < 4.78 is 5.47. The number of hydrogen-bond acceptors (Lipinski definition) is 4. The van der Waals surface area contributed by atoms with Crippen LogP contribution in [-0.4, -0.2) is 36.2 Å². The first-order chi connectivity index (χ1) is 7.75. The quantitative estimate of drug-likeness (QED) is 0.806. The summed E-state index contributed by atoms with van der Waals surface area (Å²) in [4.78, 5) is 4.79. The molecule has 0 amide bonds. The molecule has 0 aromatic rings. The average Bonchev–Trinajstić information content (AvgIpc) is 2.30. The molecule has 1 fully saturated rings. The van der Waals surface area contributed by atoms with E-state index in [1.807, 2.05) is 11.8 Å². The van der Waals surface area contributed by atoms with Gasteiger partial charge in [-0.25, -0.2) is 0 Å². The molecule has 1 N–H and O–H groups in total. The van der Waals surface area contributed by atoms with Crippen molar-refractivity contribution in [2.24, 2.45) is 10.9 Å². The highest BCUT2D eigenvalue weighted by molar-refractivity contribution is 8.13. The van der Waals surface area contributed by atoms with Crippen molar-refractivity contribution in [2.45, 2.75) is 45.2 Å². The van der Waals surface area contributed by atoms with E-state index >= 15 is 0 Å². The Balaban J connectivity index is 1.87. The molecule has 16 heavy (non-hydrogen) atoms. The minimum atomic E-state index is 0.478.